The van der Waals surface area contributed by atoms with Gasteiger partial charge in [0.15, 0.2) is 0 Å². The zero-order chi connectivity index (χ0) is 10.6. The largest absolute Gasteiger partial charge is 0.379 e. The first-order chi connectivity index (χ1) is 6.53. The minimum Gasteiger partial charge on any atom is -0.379 e. The van der Waals surface area contributed by atoms with E-state index in [2.05, 4.69) is 55.7 Å². The van der Waals surface area contributed by atoms with E-state index in [0.717, 1.165) is 6.54 Å². The lowest BCUT2D eigenvalue weighted by atomic mass is 10.1. The van der Waals surface area contributed by atoms with E-state index in [4.69, 9.17) is 0 Å². The zero-order valence-corrected chi connectivity index (χ0v) is 9.52. The molecular formula is C12H20N2. The van der Waals surface area contributed by atoms with E-state index < -0.39 is 0 Å². The lowest BCUT2D eigenvalue weighted by Crippen LogP contribution is -2.40. The van der Waals surface area contributed by atoms with Gasteiger partial charge in [-0.25, -0.2) is 0 Å². The molecular weight excluding hydrogens is 172 g/mol. The van der Waals surface area contributed by atoms with E-state index in [9.17, 15) is 0 Å². The summed E-state index contributed by atoms with van der Waals surface area (Å²) in [5.41, 5.74) is 2.56. The second-order valence-corrected chi connectivity index (χ2v) is 4.41. The molecule has 0 bridgehead atoms. The average Bonchev–Trinajstić information content (AvgIpc) is 2.08. The van der Waals surface area contributed by atoms with E-state index in [0.29, 0.717) is 0 Å². The van der Waals surface area contributed by atoms with E-state index in [-0.39, 0.29) is 5.54 Å². The minimum absolute atomic E-state index is 0.0873. The van der Waals surface area contributed by atoms with E-state index in [1.807, 2.05) is 7.05 Å². The number of aryl methyl sites for hydroxylation is 1. The summed E-state index contributed by atoms with van der Waals surface area (Å²) in [4.78, 5) is 0. The first-order valence-electron chi connectivity index (χ1n) is 5.03. The Bertz CT molecular complexity index is 275. The molecule has 2 N–H and O–H groups in total. The molecule has 2 nitrogen and oxygen atoms in total. The molecule has 78 valence electrons. The Morgan fingerprint density at radius 2 is 1.71 bits per heavy atom. The summed E-state index contributed by atoms with van der Waals surface area (Å²) in [7, 11) is 1.97. The van der Waals surface area contributed by atoms with Crippen molar-refractivity contribution in [2.75, 3.05) is 18.9 Å². The summed E-state index contributed by atoms with van der Waals surface area (Å²) in [5.74, 6) is 0. The van der Waals surface area contributed by atoms with Gasteiger partial charge in [-0.3, -0.25) is 0 Å². The Labute approximate surface area is 86.7 Å². The van der Waals surface area contributed by atoms with Gasteiger partial charge in [-0.1, -0.05) is 17.7 Å². The molecule has 1 aromatic carbocycles. The third kappa shape index (κ3) is 3.38. The van der Waals surface area contributed by atoms with Gasteiger partial charge in [0.1, 0.15) is 0 Å². The molecule has 0 atom stereocenters. The molecule has 0 fully saturated rings. The predicted octanol–water partition coefficient (Wildman–Crippen LogP) is 2.40. The van der Waals surface area contributed by atoms with Crippen molar-refractivity contribution in [3.05, 3.63) is 29.8 Å². The van der Waals surface area contributed by atoms with Gasteiger partial charge in [-0.15, -0.1) is 0 Å². The first-order valence-corrected chi connectivity index (χ1v) is 5.03. The van der Waals surface area contributed by atoms with Crippen molar-refractivity contribution in [1.29, 1.82) is 0 Å². The van der Waals surface area contributed by atoms with Crippen molar-refractivity contribution in [3.8, 4) is 0 Å². The molecule has 0 aliphatic rings. The van der Waals surface area contributed by atoms with E-state index in [1.54, 1.807) is 0 Å². The number of likely N-dealkylation sites (N-methyl/N-ethyl adjacent to an activating group) is 1. The fourth-order valence-corrected chi connectivity index (χ4v) is 1.51. The second-order valence-electron chi connectivity index (χ2n) is 4.41. The fourth-order valence-electron chi connectivity index (χ4n) is 1.51. The summed E-state index contributed by atoms with van der Waals surface area (Å²) in [6.45, 7) is 7.41. The average molecular weight is 192 g/mol. The maximum Gasteiger partial charge on any atom is 0.0441 e. The van der Waals surface area contributed by atoms with Gasteiger partial charge < -0.3 is 10.6 Å². The van der Waals surface area contributed by atoms with Crippen molar-refractivity contribution in [1.82, 2.24) is 5.32 Å². The molecule has 0 aliphatic heterocycles. The van der Waals surface area contributed by atoms with Crippen LogP contribution < -0.4 is 10.6 Å². The highest BCUT2D eigenvalue weighted by Gasteiger charge is 2.15. The van der Waals surface area contributed by atoms with Crippen LogP contribution in [0.2, 0.25) is 0 Å². The summed E-state index contributed by atoms with van der Waals surface area (Å²) in [5, 5.41) is 6.66. The molecule has 2 heteroatoms. The zero-order valence-electron chi connectivity index (χ0n) is 9.52. The van der Waals surface area contributed by atoms with Gasteiger partial charge in [-0.05, 0) is 40.0 Å². The molecule has 1 rings (SSSR count). The molecule has 0 unspecified atom stereocenters. The van der Waals surface area contributed by atoms with Crippen molar-refractivity contribution in [2.24, 2.45) is 0 Å². The Balaban J connectivity index is 2.64. The van der Waals surface area contributed by atoms with Gasteiger partial charge in [0.05, 0.1) is 0 Å². The van der Waals surface area contributed by atoms with Crippen LogP contribution >= 0.6 is 0 Å². The molecule has 0 heterocycles. The van der Waals surface area contributed by atoms with Crippen molar-refractivity contribution < 1.29 is 0 Å². The number of anilines is 1. The molecule has 0 aromatic heterocycles. The SMILES string of the molecule is CNCC(C)(C)Nc1ccc(C)cc1. The number of rotatable bonds is 4. The third-order valence-corrected chi connectivity index (χ3v) is 2.15. The highest BCUT2D eigenvalue weighted by Crippen LogP contribution is 2.14. The van der Waals surface area contributed by atoms with Crippen LogP contribution in [0.25, 0.3) is 0 Å². The van der Waals surface area contributed by atoms with Crippen LogP contribution in [0, 0.1) is 6.92 Å². The Morgan fingerprint density at radius 3 is 2.21 bits per heavy atom. The number of benzene rings is 1. The second kappa shape index (κ2) is 4.47. The highest BCUT2D eigenvalue weighted by molar-refractivity contribution is 5.46. The molecule has 0 saturated heterocycles. The van der Waals surface area contributed by atoms with Crippen LogP contribution in [0.5, 0.6) is 0 Å². The van der Waals surface area contributed by atoms with Gasteiger partial charge in [0.2, 0.25) is 0 Å². The molecule has 0 saturated carbocycles. The van der Waals surface area contributed by atoms with Crippen LogP contribution in [0.3, 0.4) is 0 Å². The lowest BCUT2D eigenvalue weighted by molar-refractivity contribution is 0.530. The van der Waals surface area contributed by atoms with Crippen molar-refractivity contribution in [2.45, 2.75) is 26.3 Å². The quantitative estimate of drug-likeness (QED) is 0.765. The first kappa shape index (κ1) is 11.1. The normalized spacial score (nSPS) is 11.4. The molecule has 1 aromatic rings. The standard InChI is InChI=1S/C12H20N2/c1-10-5-7-11(8-6-10)14-12(2,3)9-13-4/h5-8,13-14H,9H2,1-4H3. The lowest BCUT2D eigenvalue weighted by Gasteiger charge is -2.27. The van der Waals surface area contributed by atoms with E-state index in [1.165, 1.54) is 11.3 Å². The third-order valence-electron chi connectivity index (χ3n) is 2.15. The Morgan fingerprint density at radius 1 is 1.14 bits per heavy atom. The van der Waals surface area contributed by atoms with Crippen LogP contribution in [0.15, 0.2) is 24.3 Å². The van der Waals surface area contributed by atoms with Crippen LogP contribution in [-0.2, 0) is 0 Å². The summed E-state index contributed by atoms with van der Waals surface area (Å²) < 4.78 is 0. The number of hydrogen-bond acceptors (Lipinski definition) is 2. The molecule has 0 amide bonds. The van der Waals surface area contributed by atoms with E-state index >= 15 is 0 Å². The van der Waals surface area contributed by atoms with Crippen LogP contribution in [-0.4, -0.2) is 19.1 Å². The Hall–Kier alpha value is -1.02. The summed E-state index contributed by atoms with van der Waals surface area (Å²) in [6.07, 6.45) is 0. The summed E-state index contributed by atoms with van der Waals surface area (Å²) in [6, 6.07) is 8.48. The van der Waals surface area contributed by atoms with Crippen molar-refractivity contribution in [3.63, 3.8) is 0 Å². The molecule has 0 aliphatic carbocycles. The molecule has 14 heavy (non-hydrogen) atoms. The Kier molecular flexibility index (Phi) is 3.53. The maximum atomic E-state index is 3.48. The van der Waals surface area contributed by atoms with Gasteiger partial charge in [0, 0.05) is 17.8 Å². The van der Waals surface area contributed by atoms with Crippen molar-refractivity contribution >= 4 is 5.69 Å². The van der Waals surface area contributed by atoms with Crippen LogP contribution in [0.1, 0.15) is 19.4 Å². The predicted molar refractivity (Wildman–Crippen MR) is 62.8 cm³/mol. The number of hydrogen-bond donors (Lipinski definition) is 2. The summed E-state index contributed by atoms with van der Waals surface area (Å²) >= 11 is 0. The number of nitrogens with one attached hydrogen (secondary N) is 2. The highest BCUT2D eigenvalue weighted by atomic mass is 15.0. The maximum absolute atomic E-state index is 3.48. The molecule has 0 radical (unpaired) electrons. The van der Waals surface area contributed by atoms with Gasteiger partial charge in [-0.2, -0.15) is 0 Å². The molecule has 0 spiro atoms. The monoisotopic (exact) mass is 192 g/mol. The fraction of sp³-hybridized carbons (Fsp3) is 0.500. The van der Waals surface area contributed by atoms with Crippen LogP contribution in [0.4, 0.5) is 5.69 Å². The topological polar surface area (TPSA) is 24.1 Å². The van der Waals surface area contributed by atoms with Gasteiger partial charge in [0.25, 0.3) is 0 Å². The smallest absolute Gasteiger partial charge is 0.0441 e. The minimum atomic E-state index is 0.0873. The van der Waals surface area contributed by atoms with Gasteiger partial charge >= 0.3 is 0 Å².